The predicted molar refractivity (Wildman–Crippen MR) is 220 cm³/mol. The predicted octanol–water partition coefficient (Wildman–Crippen LogP) is 10.9. The standard InChI is InChI=1S/C47H46N2O2S2/c1-31-22-34(27-47(37-13-15-43-35(23-37)16-20-52-43)18-19-48(30-47)28-32-8-4-2-5-9-32)12-14-38(31)40-26-44-36(17-21-53-44)24-39(40)41-25-42-46(51-42)49(45(41)50)29-33-10-6-3-7-11-33/h3-4,6-17,20-24,26,31,38,41-42,46H,2,5,18-19,25,27-30H2,1H3. The highest BCUT2D eigenvalue weighted by Crippen LogP contribution is 2.48. The molecule has 2 aliphatic carbocycles. The molecule has 6 heteroatoms. The van der Waals surface area contributed by atoms with E-state index in [0.29, 0.717) is 12.5 Å². The van der Waals surface area contributed by atoms with Crippen molar-refractivity contribution in [1.29, 1.82) is 0 Å². The van der Waals surface area contributed by atoms with Crippen molar-refractivity contribution < 1.29 is 9.53 Å². The Kier molecular flexibility index (Phi) is 8.63. The molecule has 268 valence electrons. The quantitative estimate of drug-likeness (QED) is 0.142. The summed E-state index contributed by atoms with van der Waals surface area (Å²) in [6.07, 6.45) is 19.8. The molecule has 10 rings (SSSR count). The van der Waals surface area contributed by atoms with Crippen LogP contribution in [0.2, 0.25) is 0 Å². The van der Waals surface area contributed by atoms with E-state index in [2.05, 4.69) is 114 Å². The number of fused-ring (bicyclic) bond motifs is 3. The van der Waals surface area contributed by atoms with Crippen LogP contribution in [-0.4, -0.2) is 47.7 Å². The summed E-state index contributed by atoms with van der Waals surface area (Å²) in [4.78, 5) is 19.1. The van der Waals surface area contributed by atoms with Crippen LogP contribution in [0.5, 0.6) is 0 Å². The topological polar surface area (TPSA) is 36.1 Å². The number of nitrogens with zero attached hydrogens (tertiary/aromatic N) is 2. The molecule has 2 aromatic heterocycles. The first kappa shape index (κ1) is 33.5. The molecular formula is C47H46N2O2S2. The van der Waals surface area contributed by atoms with Crippen LogP contribution in [0.1, 0.15) is 73.1 Å². The van der Waals surface area contributed by atoms with E-state index in [1.54, 1.807) is 11.3 Å². The summed E-state index contributed by atoms with van der Waals surface area (Å²) in [5.41, 5.74) is 8.08. The number of rotatable bonds is 9. The Morgan fingerprint density at radius 1 is 0.868 bits per heavy atom. The lowest BCUT2D eigenvalue weighted by molar-refractivity contribution is -0.136. The van der Waals surface area contributed by atoms with Crippen molar-refractivity contribution in [3.8, 4) is 0 Å². The van der Waals surface area contributed by atoms with Gasteiger partial charge in [0.25, 0.3) is 0 Å². The number of carbonyl (C=O) groups is 1. The van der Waals surface area contributed by atoms with E-state index in [0.717, 1.165) is 57.3 Å². The molecule has 5 aromatic rings. The fourth-order valence-electron chi connectivity index (χ4n) is 9.79. The molecule has 0 saturated carbocycles. The third kappa shape index (κ3) is 6.38. The van der Waals surface area contributed by atoms with Crippen molar-refractivity contribution in [2.75, 3.05) is 19.6 Å². The molecule has 3 fully saturated rings. The Morgan fingerprint density at radius 3 is 2.55 bits per heavy atom. The molecule has 6 atom stereocenters. The summed E-state index contributed by atoms with van der Waals surface area (Å²) < 4.78 is 8.79. The maximum absolute atomic E-state index is 14.4. The molecule has 0 bridgehead atoms. The lowest BCUT2D eigenvalue weighted by Crippen LogP contribution is -2.42. The van der Waals surface area contributed by atoms with Gasteiger partial charge in [-0.3, -0.25) is 9.69 Å². The van der Waals surface area contributed by atoms with Gasteiger partial charge in [-0.25, -0.2) is 0 Å². The highest BCUT2D eigenvalue weighted by molar-refractivity contribution is 7.17. The molecule has 3 aliphatic heterocycles. The first-order valence-corrected chi connectivity index (χ1v) is 21.2. The van der Waals surface area contributed by atoms with Crippen LogP contribution in [-0.2, 0) is 21.5 Å². The average Bonchev–Trinajstić information content (AvgIpc) is 3.47. The summed E-state index contributed by atoms with van der Waals surface area (Å²) in [7, 11) is 0. The van der Waals surface area contributed by atoms with Gasteiger partial charge in [0.1, 0.15) is 6.10 Å². The number of ether oxygens (including phenoxy) is 1. The molecule has 3 saturated heterocycles. The Bertz CT molecular complexity index is 2310. The van der Waals surface area contributed by atoms with Crippen molar-refractivity contribution in [3.05, 3.63) is 153 Å². The zero-order valence-corrected chi connectivity index (χ0v) is 32.0. The number of benzene rings is 3. The number of carbonyl (C=O) groups excluding carboxylic acids is 1. The Balaban J connectivity index is 0.948. The van der Waals surface area contributed by atoms with Gasteiger partial charge < -0.3 is 9.64 Å². The molecule has 4 nitrogen and oxygen atoms in total. The van der Waals surface area contributed by atoms with Gasteiger partial charge >= 0.3 is 0 Å². The summed E-state index contributed by atoms with van der Waals surface area (Å²) in [5.74, 6) is 0.502. The highest BCUT2D eigenvalue weighted by Gasteiger charge is 2.54. The highest BCUT2D eigenvalue weighted by atomic mass is 32.1. The maximum Gasteiger partial charge on any atom is 0.232 e. The van der Waals surface area contributed by atoms with Crippen molar-refractivity contribution in [2.24, 2.45) is 5.92 Å². The van der Waals surface area contributed by atoms with Gasteiger partial charge in [-0.1, -0.05) is 85.4 Å². The zero-order valence-electron chi connectivity index (χ0n) is 30.3. The first-order valence-electron chi connectivity index (χ1n) is 19.5. The molecule has 53 heavy (non-hydrogen) atoms. The summed E-state index contributed by atoms with van der Waals surface area (Å²) >= 11 is 3.63. The monoisotopic (exact) mass is 734 g/mol. The molecule has 6 unspecified atom stereocenters. The van der Waals surface area contributed by atoms with Gasteiger partial charge in [-0.2, -0.15) is 0 Å². The smallest absolute Gasteiger partial charge is 0.232 e. The average molecular weight is 735 g/mol. The van der Waals surface area contributed by atoms with Gasteiger partial charge in [-0.05, 0) is 130 Å². The second-order valence-electron chi connectivity index (χ2n) is 16.1. The van der Waals surface area contributed by atoms with Crippen molar-refractivity contribution >= 4 is 48.8 Å². The molecular weight excluding hydrogens is 689 g/mol. The van der Waals surface area contributed by atoms with E-state index in [-0.39, 0.29) is 35.5 Å². The first-order chi connectivity index (χ1) is 26.0. The second-order valence-corrected chi connectivity index (χ2v) is 18.0. The van der Waals surface area contributed by atoms with Gasteiger partial charge in [0.05, 0.1) is 5.92 Å². The number of amides is 1. The summed E-state index contributed by atoms with van der Waals surface area (Å²) in [6.45, 7) is 6.20. The molecule has 5 aliphatic rings. The summed E-state index contributed by atoms with van der Waals surface area (Å²) in [6, 6.07) is 26.8. The third-order valence-electron chi connectivity index (χ3n) is 12.6. The molecule has 3 aromatic carbocycles. The van der Waals surface area contributed by atoms with E-state index in [4.69, 9.17) is 4.74 Å². The van der Waals surface area contributed by atoms with Crippen LogP contribution in [0.3, 0.4) is 0 Å². The number of thiophene rings is 2. The summed E-state index contributed by atoms with van der Waals surface area (Å²) in [5, 5.41) is 6.99. The van der Waals surface area contributed by atoms with Gasteiger partial charge in [0, 0.05) is 40.4 Å². The zero-order chi connectivity index (χ0) is 35.5. The number of hydrogen-bond acceptors (Lipinski definition) is 5. The molecule has 0 radical (unpaired) electrons. The van der Waals surface area contributed by atoms with Crippen molar-refractivity contribution in [3.63, 3.8) is 0 Å². The molecule has 5 heterocycles. The van der Waals surface area contributed by atoms with Crippen LogP contribution in [0, 0.1) is 5.92 Å². The number of epoxide rings is 1. The Hall–Kier alpha value is -4.07. The third-order valence-corrected chi connectivity index (χ3v) is 14.4. The van der Waals surface area contributed by atoms with E-state index in [1.807, 2.05) is 34.4 Å². The molecule has 0 spiro atoms. The fourth-order valence-corrected chi connectivity index (χ4v) is 11.4. The minimum Gasteiger partial charge on any atom is -0.348 e. The number of piperidine rings is 1. The fraction of sp³-hybridized carbons (Fsp3) is 0.340. The minimum atomic E-state index is -0.207. The van der Waals surface area contributed by atoms with E-state index in [1.165, 1.54) is 48.0 Å². The van der Waals surface area contributed by atoms with Crippen molar-refractivity contribution in [2.45, 2.75) is 75.2 Å². The van der Waals surface area contributed by atoms with E-state index >= 15 is 0 Å². The van der Waals surface area contributed by atoms with Crippen LogP contribution in [0.4, 0.5) is 0 Å². The van der Waals surface area contributed by atoms with Crippen molar-refractivity contribution in [1.82, 2.24) is 9.80 Å². The van der Waals surface area contributed by atoms with Gasteiger partial charge in [0.15, 0.2) is 6.23 Å². The number of hydrogen-bond donors (Lipinski definition) is 0. The van der Waals surface area contributed by atoms with E-state index in [9.17, 15) is 4.79 Å². The lowest BCUT2D eigenvalue weighted by Gasteiger charge is -2.35. The van der Waals surface area contributed by atoms with Gasteiger partial charge in [-0.15, -0.1) is 22.7 Å². The van der Waals surface area contributed by atoms with E-state index < -0.39 is 0 Å². The SMILES string of the molecule is CC1C=C(CC2(c3ccc4sccc4c3)CCN(CC3=CCCC=C3)C2)C=CC1c1cc2sccc2cc1C1CC2OC2N(Cc2ccccc2)C1=O. The Morgan fingerprint density at radius 2 is 1.72 bits per heavy atom. The van der Waals surface area contributed by atoms with Crippen LogP contribution in [0.15, 0.2) is 131 Å². The van der Waals surface area contributed by atoms with Crippen LogP contribution < -0.4 is 0 Å². The van der Waals surface area contributed by atoms with Crippen LogP contribution in [0.25, 0.3) is 20.2 Å². The lowest BCUT2D eigenvalue weighted by atomic mass is 9.71. The molecule has 1 amide bonds. The number of likely N-dealkylation sites (tertiary alicyclic amines) is 2. The second kappa shape index (κ2) is 13.7. The van der Waals surface area contributed by atoms with Crippen LogP contribution >= 0.6 is 22.7 Å². The largest absolute Gasteiger partial charge is 0.348 e. The Labute approximate surface area is 320 Å². The number of allylic oxidation sites excluding steroid dienone is 6. The molecule has 0 N–H and O–H groups in total. The minimum absolute atomic E-state index is 0.0658. The van der Waals surface area contributed by atoms with Gasteiger partial charge in [0.2, 0.25) is 5.91 Å². The normalized spacial score (nSPS) is 28.4. The maximum atomic E-state index is 14.4.